The molecule has 0 saturated heterocycles. The fourth-order valence-electron chi connectivity index (χ4n) is 1.94. The number of hydrogen-bond donors (Lipinski definition) is 1. The van der Waals surface area contributed by atoms with Gasteiger partial charge in [-0.3, -0.25) is 14.4 Å². The van der Waals surface area contributed by atoms with Gasteiger partial charge in [0.05, 0.1) is 16.6 Å². The molecule has 2 heterocycles. The van der Waals surface area contributed by atoms with Gasteiger partial charge in [-0.05, 0) is 23.8 Å². The molecule has 1 aliphatic heterocycles. The van der Waals surface area contributed by atoms with Crippen LogP contribution in [-0.4, -0.2) is 22.2 Å². The third-order valence-corrected chi connectivity index (χ3v) is 3.96. The predicted octanol–water partition coefficient (Wildman–Crippen LogP) is 0.0700. The molecule has 2 aromatic rings. The van der Waals surface area contributed by atoms with Crippen molar-refractivity contribution in [1.82, 2.24) is 4.57 Å². The van der Waals surface area contributed by atoms with E-state index in [1.807, 2.05) is 0 Å². The molecule has 0 bridgehead atoms. The third kappa shape index (κ3) is 2.10. The van der Waals surface area contributed by atoms with E-state index in [9.17, 15) is 9.59 Å². The molecule has 0 amide bonds. The number of aromatic carboxylic acids is 1. The first-order valence-electron chi connectivity index (χ1n) is 5.74. The number of fused-ring (bicyclic) bond motifs is 1. The second-order valence-electron chi connectivity index (χ2n) is 4.16. The Bertz CT molecular complexity index is 815. The van der Waals surface area contributed by atoms with E-state index in [0.717, 1.165) is 10.4 Å². The molecule has 0 saturated carbocycles. The Morgan fingerprint density at radius 1 is 1.37 bits per heavy atom. The standard InChI is InChI=1S/C13H10N2O3S/c16-11-10(19-13-14-5-6-15(11)13)7-8-1-3-9(4-2-8)12(17)18/h1-4,7H,5-6H2,(H,17,18)/b10-7+. The molecule has 5 nitrogen and oxygen atoms in total. The first-order chi connectivity index (χ1) is 9.15. The van der Waals surface area contributed by atoms with Crippen molar-refractivity contribution >= 4 is 23.4 Å². The number of carboxylic acids is 1. The minimum Gasteiger partial charge on any atom is -0.478 e. The highest BCUT2D eigenvalue weighted by atomic mass is 32.1. The molecule has 1 aliphatic rings. The van der Waals surface area contributed by atoms with Gasteiger partial charge in [0.15, 0.2) is 4.80 Å². The summed E-state index contributed by atoms with van der Waals surface area (Å²) in [7, 11) is 0. The van der Waals surface area contributed by atoms with Crippen molar-refractivity contribution in [1.29, 1.82) is 0 Å². The number of aromatic nitrogens is 1. The van der Waals surface area contributed by atoms with Gasteiger partial charge in [0.2, 0.25) is 0 Å². The smallest absolute Gasteiger partial charge is 0.335 e. The average molecular weight is 274 g/mol. The zero-order chi connectivity index (χ0) is 13.4. The van der Waals surface area contributed by atoms with Gasteiger partial charge in [-0.2, -0.15) is 0 Å². The normalized spacial score (nSPS) is 14.2. The molecule has 1 aromatic heterocycles. The molecule has 3 rings (SSSR count). The van der Waals surface area contributed by atoms with Crippen LogP contribution in [0, 0.1) is 0 Å². The minimum absolute atomic E-state index is 0.0245. The third-order valence-electron chi connectivity index (χ3n) is 2.91. The molecule has 0 atom stereocenters. The van der Waals surface area contributed by atoms with Crippen molar-refractivity contribution < 1.29 is 9.90 Å². The second-order valence-corrected chi connectivity index (χ2v) is 5.17. The maximum atomic E-state index is 12.0. The van der Waals surface area contributed by atoms with Crippen molar-refractivity contribution in [2.75, 3.05) is 6.54 Å². The Kier molecular flexibility index (Phi) is 2.79. The van der Waals surface area contributed by atoms with Crippen LogP contribution in [0.1, 0.15) is 15.9 Å². The maximum absolute atomic E-state index is 12.0. The van der Waals surface area contributed by atoms with E-state index in [1.54, 1.807) is 22.8 Å². The van der Waals surface area contributed by atoms with Gasteiger partial charge in [-0.25, -0.2) is 4.79 Å². The van der Waals surface area contributed by atoms with E-state index in [2.05, 4.69) is 4.99 Å². The van der Waals surface area contributed by atoms with Gasteiger partial charge >= 0.3 is 5.97 Å². The number of nitrogens with zero attached hydrogens (tertiary/aromatic N) is 2. The number of benzene rings is 1. The molecule has 0 unspecified atom stereocenters. The Morgan fingerprint density at radius 3 is 2.74 bits per heavy atom. The summed E-state index contributed by atoms with van der Waals surface area (Å²) in [5.74, 6) is -0.958. The fraction of sp³-hybridized carbons (Fsp3) is 0.154. The summed E-state index contributed by atoms with van der Waals surface area (Å²) in [5.41, 5.74) is 1.02. The van der Waals surface area contributed by atoms with Crippen molar-refractivity contribution in [2.45, 2.75) is 6.54 Å². The highest BCUT2D eigenvalue weighted by Crippen LogP contribution is 2.05. The first kappa shape index (κ1) is 11.9. The molecule has 1 aromatic carbocycles. The minimum atomic E-state index is -0.958. The number of rotatable bonds is 2. The van der Waals surface area contributed by atoms with E-state index in [0.29, 0.717) is 17.6 Å². The molecule has 19 heavy (non-hydrogen) atoms. The molecule has 0 aliphatic carbocycles. The lowest BCUT2D eigenvalue weighted by atomic mass is 10.1. The van der Waals surface area contributed by atoms with Gasteiger partial charge in [0.25, 0.3) is 5.56 Å². The van der Waals surface area contributed by atoms with Crippen LogP contribution in [0.5, 0.6) is 0 Å². The van der Waals surface area contributed by atoms with Crippen molar-refractivity contribution in [2.24, 2.45) is 4.99 Å². The summed E-state index contributed by atoms with van der Waals surface area (Å²) in [6, 6.07) is 6.43. The molecule has 6 heteroatoms. The SMILES string of the molecule is O=C(O)c1ccc(/C=c2/sc3n(c2=O)CCN=3)cc1. The van der Waals surface area contributed by atoms with Crippen LogP contribution in [0.4, 0.5) is 0 Å². The van der Waals surface area contributed by atoms with E-state index >= 15 is 0 Å². The Balaban J connectivity index is 2.07. The van der Waals surface area contributed by atoms with Crippen LogP contribution in [0.15, 0.2) is 34.1 Å². The van der Waals surface area contributed by atoms with E-state index in [4.69, 9.17) is 5.11 Å². The Hall–Kier alpha value is -2.21. The number of carbonyl (C=O) groups is 1. The number of carboxylic acid groups (broad SMARTS) is 1. The van der Waals surface area contributed by atoms with Crippen molar-refractivity contribution in [3.05, 3.63) is 55.1 Å². The van der Waals surface area contributed by atoms with Gasteiger partial charge in [0, 0.05) is 6.54 Å². The van der Waals surface area contributed by atoms with Crippen LogP contribution in [0.25, 0.3) is 6.08 Å². The summed E-state index contributed by atoms with van der Waals surface area (Å²) in [4.78, 5) is 27.8. The lowest BCUT2D eigenvalue weighted by Crippen LogP contribution is -2.29. The topological polar surface area (TPSA) is 71.7 Å². The van der Waals surface area contributed by atoms with Crippen molar-refractivity contribution in [3.8, 4) is 0 Å². The molecule has 96 valence electrons. The van der Waals surface area contributed by atoms with Gasteiger partial charge < -0.3 is 5.11 Å². The van der Waals surface area contributed by atoms with Gasteiger partial charge in [-0.1, -0.05) is 23.5 Å². The van der Waals surface area contributed by atoms with Crippen LogP contribution in [-0.2, 0) is 6.54 Å². The molecule has 1 N–H and O–H groups in total. The molecular weight excluding hydrogens is 264 g/mol. The second kappa shape index (κ2) is 4.47. The first-order valence-corrected chi connectivity index (χ1v) is 6.56. The monoisotopic (exact) mass is 274 g/mol. The summed E-state index contributed by atoms with van der Waals surface area (Å²) < 4.78 is 2.30. The summed E-state index contributed by atoms with van der Waals surface area (Å²) in [6.07, 6.45) is 1.76. The lowest BCUT2D eigenvalue weighted by Gasteiger charge is -1.94. The predicted molar refractivity (Wildman–Crippen MR) is 71.2 cm³/mol. The van der Waals surface area contributed by atoms with Crippen molar-refractivity contribution in [3.63, 3.8) is 0 Å². The summed E-state index contributed by atoms with van der Waals surface area (Å²) in [5, 5.41) is 8.81. The fourth-order valence-corrected chi connectivity index (χ4v) is 2.97. The van der Waals surface area contributed by atoms with E-state index in [-0.39, 0.29) is 11.1 Å². The van der Waals surface area contributed by atoms with E-state index in [1.165, 1.54) is 23.5 Å². The summed E-state index contributed by atoms with van der Waals surface area (Å²) in [6.45, 7) is 1.32. The Morgan fingerprint density at radius 2 is 2.11 bits per heavy atom. The average Bonchev–Trinajstić information content (AvgIpc) is 2.95. The van der Waals surface area contributed by atoms with Gasteiger partial charge in [0.1, 0.15) is 0 Å². The Labute approximate surface area is 111 Å². The number of hydrogen-bond acceptors (Lipinski definition) is 4. The zero-order valence-electron chi connectivity index (χ0n) is 9.87. The lowest BCUT2D eigenvalue weighted by molar-refractivity contribution is 0.0697. The molecule has 0 spiro atoms. The highest BCUT2D eigenvalue weighted by Gasteiger charge is 2.09. The largest absolute Gasteiger partial charge is 0.478 e. The maximum Gasteiger partial charge on any atom is 0.335 e. The van der Waals surface area contributed by atoms with Crippen LogP contribution >= 0.6 is 11.3 Å². The number of thiazole rings is 1. The van der Waals surface area contributed by atoms with E-state index < -0.39 is 5.97 Å². The quantitative estimate of drug-likeness (QED) is 0.842. The van der Waals surface area contributed by atoms with Crippen LogP contribution in [0.3, 0.4) is 0 Å². The molecule has 0 radical (unpaired) electrons. The van der Waals surface area contributed by atoms with Crippen LogP contribution < -0.4 is 14.9 Å². The zero-order valence-corrected chi connectivity index (χ0v) is 10.7. The van der Waals surface area contributed by atoms with Crippen LogP contribution in [0.2, 0.25) is 0 Å². The van der Waals surface area contributed by atoms with Gasteiger partial charge in [-0.15, -0.1) is 0 Å². The molecule has 0 fully saturated rings. The summed E-state index contributed by atoms with van der Waals surface area (Å²) >= 11 is 1.37. The molecular formula is C13H10N2O3S. The highest BCUT2D eigenvalue weighted by molar-refractivity contribution is 7.07.